The molecule has 0 spiro atoms. The molecule has 0 bridgehead atoms. The third-order valence-electron chi connectivity index (χ3n) is 4.39. The maximum absolute atomic E-state index is 12.6. The van der Waals surface area contributed by atoms with E-state index < -0.39 is 0 Å². The van der Waals surface area contributed by atoms with Crippen LogP contribution in [0.25, 0.3) is 21.3 Å². The molecule has 0 radical (unpaired) electrons. The Balaban J connectivity index is 1.54. The predicted octanol–water partition coefficient (Wildman–Crippen LogP) is 5.16. The number of rotatable bonds is 6. The fourth-order valence-corrected chi connectivity index (χ4v) is 4.86. The minimum atomic E-state index is -0.259. The highest BCUT2D eigenvalue weighted by atomic mass is 32.2. The molecule has 6 heteroatoms. The summed E-state index contributed by atoms with van der Waals surface area (Å²) in [5, 5.41) is 6.72. The van der Waals surface area contributed by atoms with Crippen LogP contribution < -0.4 is 5.32 Å². The topological polar surface area (TPSA) is 54.9 Å². The van der Waals surface area contributed by atoms with E-state index in [1.165, 1.54) is 11.8 Å². The van der Waals surface area contributed by atoms with Crippen LogP contribution in [-0.2, 0) is 11.3 Å². The lowest BCUT2D eigenvalue weighted by Gasteiger charge is -2.12. The van der Waals surface area contributed by atoms with Crippen LogP contribution in [0.5, 0.6) is 0 Å². The molecule has 2 heterocycles. The number of nitrogens with one attached hydrogen (secondary N) is 1. The molecule has 0 aliphatic rings. The van der Waals surface area contributed by atoms with E-state index in [1.807, 2.05) is 55.5 Å². The first-order valence-electron chi connectivity index (χ1n) is 8.98. The Labute approximate surface area is 172 Å². The summed E-state index contributed by atoms with van der Waals surface area (Å²) >= 11 is 3.07. The summed E-state index contributed by atoms with van der Waals surface area (Å²) < 4.78 is 0. The van der Waals surface area contributed by atoms with Crippen molar-refractivity contribution in [3.05, 3.63) is 77.9 Å². The van der Waals surface area contributed by atoms with Crippen molar-refractivity contribution in [2.24, 2.45) is 0 Å². The zero-order chi connectivity index (χ0) is 19.3. The molecular formula is C22H19N3OS2. The van der Waals surface area contributed by atoms with Crippen molar-refractivity contribution >= 4 is 39.2 Å². The predicted molar refractivity (Wildman–Crippen MR) is 116 cm³/mol. The van der Waals surface area contributed by atoms with Gasteiger partial charge in [-0.05, 0) is 18.1 Å². The van der Waals surface area contributed by atoms with E-state index in [1.54, 1.807) is 17.7 Å². The highest BCUT2D eigenvalue weighted by molar-refractivity contribution is 8.00. The van der Waals surface area contributed by atoms with E-state index >= 15 is 0 Å². The Morgan fingerprint density at radius 3 is 2.54 bits per heavy atom. The minimum Gasteiger partial charge on any atom is -0.351 e. The average Bonchev–Trinajstić information content (AvgIpc) is 3.18. The van der Waals surface area contributed by atoms with E-state index in [2.05, 4.69) is 32.8 Å². The number of fused-ring (bicyclic) bond motifs is 1. The van der Waals surface area contributed by atoms with Crippen LogP contribution in [-0.4, -0.2) is 21.1 Å². The molecule has 28 heavy (non-hydrogen) atoms. The van der Waals surface area contributed by atoms with Crippen LogP contribution in [0.1, 0.15) is 12.5 Å². The number of nitrogens with zero attached hydrogens (tertiary/aromatic N) is 2. The number of amides is 1. The quantitative estimate of drug-likeness (QED) is 0.356. The summed E-state index contributed by atoms with van der Waals surface area (Å²) in [5.74, 6) is -0.00268. The van der Waals surface area contributed by atoms with Crippen LogP contribution >= 0.6 is 23.1 Å². The monoisotopic (exact) mass is 405 g/mol. The lowest BCUT2D eigenvalue weighted by Crippen LogP contribution is -2.30. The molecule has 1 amide bonds. The van der Waals surface area contributed by atoms with Gasteiger partial charge in [-0.15, -0.1) is 11.3 Å². The lowest BCUT2D eigenvalue weighted by molar-refractivity contribution is -0.120. The molecule has 2 aromatic heterocycles. The Bertz CT molecular complexity index is 1080. The van der Waals surface area contributed by atoms with Gasteiger partial charge in [-0.1, -0.05) is 72.4 Å². The first-order valence-corrected chi connectivity index (χ1v) is 10.7. The van der Waals surface area contributed by atoms with Crippen molar-refractivity contribution < 1.29 is 4.79 Å². The van der Waals surface area contributed by atoms with Gasteiger partial charge in [-0.25, -0.2) is 9.97 Å². The molecule has 1 atom stereocenters. The van der Waals surface area contributed by atoms with Gasteiger partial charge in [0.25, 0.3) is 0 Å². The fourth-order valence-electron chi connectivity index (χ4n) is 2.92. The van der Waals surface area contributed by atoms with Crippen molar-refractivity contribution in [3.63, 3.8) is 0 Å². The molecule has 1 unspecified atom stereocenters. The second kappa shape index (κ2) is 8.54. The first kappa shape index (κ1) is 18.7. The number of benzene rings is 2. The van der Waals surface area contributed by atoms with E-state index in [-0.39, 0.29) is 11.2 Å². The Morgan fingerprint density at radius 2 is 1.79 bits per heavy atom. The van der Waals surface area contributed by atoms with Gasteiger partial charge >= 0.3 is 0 Å². The van der Waals surface area contributed by atoms with E-state index in [4.69, 9.17) is 0 Å². The van der Waals surface area contributed by atoms with Crippen LogP contribution in [0.15, 0.2) is 77.4 Å². The zero-order valence-corrected chi connectivity index (χ0v) is 17.0. The SMILES string of the molecule is CC(Sc1ncnc2scc(-c3ccccc3)c12)C(=O)NCc1ccccc1. The summed E-state index contributed by atoms with van der Waals surface area (Å²) in [6.45, 7) is 2.44. The zero-order valence-electron chi connectivity index (χ0n) is 15.3. The van der Waals surface area contributed by atoms with Gasteiger partial charge in [0.05, 0.1) is 10.6 Å². The summed E-state index contributed by atoms with van der Waals surface area (Å²) in [6.07, 6.45) is 1.57. The van der Waals surface area contributed by atoms with Gasteiger partial charge in [0.15, 0.2) is 0 Å². The van der Waals surface area contributed by atoms with E-state index in [0.717, 1.165) is 31.9 Å². The molecule has 0 saturated carbocycles. The molecule has 0 saturated heterocycles. The highest BCUT2D eigenvalue weighted by Gasteiger charge is 2.19. The van der Waals surface area contributed by atoms with Crippen molar-refractivity contribution in [2.45, 2.75) is 23.7 Å². The van der Waals surface area contributed by atoms with Gasteiger partial charge in [-0.2, -0.15) is 0 Å². The molecule has 4 nitrogen and oxygen atoms in total. The molecular weight excluding hydrogens is 386 g/mol. The van der Waals surface area contributed by atoms with Crippen LogP contribution in [0, 0.1) is 0 Å². The standard InChI is InChI=1S/C22H19N3OS2/c1-15(20(26)23-12-16-8-4-2-5-9-16)28-22-19-18(17-10-6-3-7-11-17)13-27-21(19)24-14-25-22/h2-11,13-15H,12H2,1H3,(H,23,26). The maximum Gasteiger partial charge on any atom is 0.233 e. The molecule has 4 aromatic rings. The first-order chi connectivity index (χ1) is 13.7. The number of thiophene rings is 1. The fraction of sp³-hybridized carbons (Fsp3) is 0.136. The smallest absolute Gasteiger partial charge is 0.233 e. The summed E-state index contributed by atoms with van der Waals surface area (Å²) in [6, 6.07) is 20.1. The van der Waals surface area contributed by atoms with Gasteiger partial charge in [-0.3, -0.25) is 4.79 Å². The number of hydrogen-bond acceptors (Lipinski definition) is 5. The Hall–Kier alpha value is -2.70. The van der Waals surface area contributed by atoms with E-state index in [9.17, 15) is 4.79 Å². The molecule has 1 N–H and O–H groups in total. The van der Waals surface area contributed by atoms with Crippen LogP contribution in [0.4, 0.5) is 0 Å². The third-order valence-corrected chi connectivity index (χ3v) is 6.37. The number of thioether (sulfide) groups is 1. The van der Waals surface area contributed by atoms with Gasteiger partial charge in [0.1, 0.15) is 16.2 Å². The Morgan fingerprint density at radius 1 is 1.07 bits per heavy atom. The molecule has 0 aliphatic heterocycles. The normalized spacial score (nSPS) is 12.0. The number of hydrogen-bond donors (Lipinski definition) is 1. The van der Waals surface area contributed by atoms with Gasteiger partial charge in [0.2, 0.25) is 5.91 Å². The molecule has 4 rings (SSSR count). The number of aromatic nitrogens is 2. The summed E-state index contributed by atoms with van der Waals surface area (Å²) in [5.41, 5.74) is 3.33. The van der Waals surface area contributed by atoms with Crippen LogP contribution in [0.3, 0.4) is 0 Å². The number of carbonyl (C=O) groups excluding carboxylic acids is 1. The van der Waals surface area contributed by atoms with Gasteiger partial charge in [0, 0.05) is 17.5 Å². The van der Waals surface area contributed by atoms with Crippen molar-refractivity contribution in [1.82, 2.24) is 15.3 Å². The van der Waals surface area contributed by atoms with Crippen molar-refractivity contribution in [3.8, 4) is 11.1 Å². The molecule has 0 fully saturated rings. The average molecular weight is 406 g/mol. The molecule has 2 aromatic carbocycles. The van der Waals surface area contributed by atoms with Gasteiger partial charge < -0.3 is 5.32 Å². The van der Waals surface area contributed by atoms with Crippen molar-refractivity contribution in [2.75, 3.05) is 0 Å². The summed E-state index contributed by atoms with van der Waals surface area (Å²) in [7, 11) is 0. The maximum atomic E-state index is 12.6. The third kappa shape index (κ3) is 4.08. The second-order valence-electron chi connectivity index (χ2n) is 6.34. The largest absolute Gasteiger partial charge is 0.351 e. The number of carbonyl (C=O) groups is 1. The van der Waals surface area contributed by atoms with E-state index in [0.29, 0.717) is 6.54 Å². The summed E-state index contributed by atoms with van der Waals surface area (Å²) in [4.78, 5) is 22.4. The minimum absolute atomic E-state index is 0.00268. The molecule has 140 valence electrons. The Kier molecular flexibility index (Phi) is 5.69. The van der Waals surface area contributed by atoms with Crippen molar-refractivity contribution in [1.29, 1.82) is 0 Å². The van der Waals surface area contributed by atoms with Crippen LogP contribution in [0.2, 0.25) is 0 Å². The molecule has 0 aliphatic carbocycles. The second-order valence-corrected chi connectivity index (χ2v) is 8.53. The lowest BCUT2D eigenvalue weighted by atomic mass is 10.1. The highest BCUT2D eigenvalue weighted by Crippen LogP contribution is 2.38.